The van der Waals surface area contributed by atoms with E-state index < -0.39 is 0 Å². The Labute approximate surface area is 784 Å². The van der Waals surface area contributed by atoms with Gasteiger partial charge in [-0.05, 0) is 298 Å². The lowest BCUT2D eigenvalue weighted by molar-refractivity contribution is 0.660. The monoisotopic (exact) mass is 1710 g/mol. The van der Waals surface area contributed by atoms with Gasteiger partial charge in [-0.1, -0.05) is 331 Å². The van der Waals surface area contributed by atoms with Crippen molar-refractivity contribution in [2.24, 2.45) is 0 Å². The Bertz CT molecular complexity index is 7940. The van der Waals surface area contributed by atoms with Crippen LogP contribution in [0.4, 0.5) is 79.6 Å². The van der Waals surface area contributed by atoms with E-state index in [9.17, 15) is 0 Å². The Kier molecular flexibility index (Phi) is 18.1. The SMILES string of the molecule is CC1(C)c2ccccc2-c2ccc(N(c3ccc(-c4ccccc4)cc3)c3ccc(-c4cc5c6c(c4)-c4ccccc4N(c4cccc(-c7cc(N(c8ccc(-c9ccccc9)cc8)c8ccc(-c9cc%10c%11c(c9)-c9ccccc9N(c9ccccc9)B%11N(c9ccccc9)c9ccccc9-%10)cc8)c8c(c7)C(C)(C)c7ccccc7-8)c4)B6N(c4ccccc4)c4ccccc4-5)cc3)cc21. The van der Waals surface area contributed by atoms with Gasteiger partial charge in [0.1, 0.15) is 0 Å². The van der Waals surface area contributed by atoms with Crippen LogP contribution in [0.2, 0.25) is 0 Å². The molecule has 0 amide bonds. The number of para-hydroxylation sites is 7. The summed E-state index contributed by atoms with van der Waals surface area (Å²) in [4.78, 5) is 15.3. The molecule has 20 aromatic carbocycles. The standard InChI is InChI=1S/C126H90B2N6/c1-125(2)113-51-26-20-45-102(113)103-74-73-100(82-115(103)125)129(93-65-57-85(58-66-93)83-33-10-5-11-34-83)94-67-61-87(62-68-94)90-78-111-106-48-24-30-55-119(106)133(99-42-18-9-19-43-99)128-124(111)112(79-90)107-49-25-31-56-120(107)134(128)101-44-32-37-89(75-101)92-80-116-122(108-50-21-27-52-114(108)126(116,3)4)121(81-92)130(95-69-59-86(60-70-95)84-35-12-6-13-36-84)96-71-63-88(64-72-96)91-76-109-104-46-22-28-53-117(104)131(97-38-14-7-15-39-97)127-123(109)110(77-91)105-47-23-29-54-118(105)132(127)98-40-16-8-17-41-98/h5-82H,1-4H3. The zero-order valence-electron chi connectivity index (χ0n) is 74.9. The predicted octanol–water partition coefficient (Wildman–Crippen LogP) is 32.2. The zero-order valence-corrected chi connectivity index (χ0v) is 74.9. The van der Waals surface area contributed by atoms with Crippen molar-refractivity contribution in [1.29, 1.82) is 0 Å². The Morgan fingerprint density at radius 3 is 0.888 bits per heavy atom. The minimum Gasteiger partial charge on any atom is -0.361 e. The third-order valence-electron chi connectivity index (χ3n) is 29.3. The lowest BCUT2D eigenvalue weighted by atomic mass is 9.53. The summed E-state index contributed by atoms with van der Waals surface area (Å²) >= 11 is 0. The number of anilines is 14. The maximum Gasteiger partial charge on any atom is 0.421 e. The summed E-state index contributed by atoms with van der Waals surface area (Å²) in [6, 6.07) is 177. The maximum atomic E-state index is 2.64. The van der Waals surface area contributed by atoms with Gasteiger partial charge < -0.3 is 29.0 Å². The van der Waals surface area contributed by atoms with Gasteiger partial charge in [0.05, 0.1) is 5.69 Å². The van der Waals surface area contributed by atoms with Gasteiger partial charge in [-0.2, -0.15) is 0 Å². The van der Waals surface area contributed by atoms with Crippen LogP contribution in [0.3, 0.4) is 0 Å². The molecule has 6 nitrogen and oxygen atoms in total. The molecule has 0 radical (unpaired) electrons. The van der Waals surface area contributed by atoms with Crippen LogP contribution >= 0.6 is 0 Å². The van der Waals surface area contributed by atoms with E-state index in [1.165, 1.54) is 128 Å². The predicted molar refractivity (Wildman–Crippen MR) is 565 cm³/mol. The molecule has 134 heavy (non-hydrogen) atoms. The molecule has 6 aliphatic rings. The van der Waals surface area contributed by atoms with Gasteiger partial charge in [0, 0.05) is 113 Å². The first kappa shape index (κ1) is 78.4. The van der Waals surface area contributed by atoms with E-state index in [0.29, 0.717) is 0 Å². The molecule has 0 saturated heterocycles. The van der Waals surface area contributed by atoms with Crippen LogP contribution in [-0.4, -0.2) is 14.0 Å². The first-order chi connectivity index (χ1) is 66.0. The van der Waals surface area contributed by atoms with E-state index in [-0.39, 0.29) is 24.8 Å². The lowest BCUT2D eigenvalue weighted by Crippen LogP contribution is -2.61. The molecule has 0 bridgehead atoms. The lowest BCUT2D eigenvalue weighted by Gasteiger charge is -2.48. The van der Waals surface area contributed by atoms with Crippen molar-refractivity contribution in [3.05, 3.63) is 495 Å². The second-order valence-electron chi connectivity index (χ2n) is 37.4. The highest BCUT2D eigenvalue weighted by molar-refractivity contribution is 6.87. The number of hydrogen-bond donors (Lipinski definition) is 0. The Balaban J connectivity index is 0.614. The van der Waals surface area contributed by atoms with Crippen molar-refractivity contribution in [1.82, 2.24) is 0 Å². The first-order valence-electron chi connectivity index (χ1n) is 46.8. The smallest absolute Gasteiger partial charge is 0.361 e. The molecule has 4 heterocycles. The van der Waals surface area contributed by atoms with Crippen LogP contribution in [0, 0.1) is 0 Å². The van der Waals surface area contributed by atoms with Gasteiger partial charge in [-0.25, -0.2) is 0 Å². The summed E-state index contributed by atoms with van der Waals surface area (Å²) in [5, 5.41) is 0. The van der Waals surface area contributed by atoms with Crippen LogP contribution in [0.15, 0.2) is 473 Å². The van der Waals surface area contributed by atoms with Crippen LogP contribution in [-0.2, 0) is 10.8 Å². The largest absolute Gasteiger partial charge is 0.421 e. The van der Waals surface area contributed by atoms with E-state index in [1.807, 2.05) is 0 Å². The molecule has 4 aliphatic heterocycles. The molecule has 0 unspecified atom stereocenters. The van der Waals surface area contributed by atoms with Crippen molar-refractivity contribution in [3.63, 3.8) is 0 Å². The molecule has 2 aliphatic carbocycles. The topological polar surface area (TPSA) is 19.4 Å². The molecule has 20 aromatic rings. The fourth-order valence-electron chi connectivity index (χ4n) is 23.0. The van der Waals surface area contributed by atoms with E-state index in [2.05, 4.69) is 530 Å². The van der Waals surface area contributed by atoms with Crippen LogP contribution in [0.25, 0.3) is 122 Å². The van der Waals surface area contributed by atoms with Crippen LogP contribution in [0.1, 0.15) is 49.9 Å². The van der Waals surface area contributed by atoms with Crippen molar-refractivity contribution in [2.75, 3.05) is 29.0 Å². The highest BCUT2D eigenvalue weighted by Gasteiger charge is 2.50. The molecule has 0 spiro atoms. The van der Waals surface area contributed by atoms with E-state index in [0.717, 1.165) is 107 Å². The second-order valence-corrected chi connectivity index (χ2v) is 37.4. The molecule has 0 N–H and O–H groups in total. The van der Waals surface area contributed by atoms with Gasteiger partial charge >= 0.3 is 14.0 Å². The summed E-state index contributed by atoms with van der Waals surface area (Å²) in [5.41, 5.74) is 49.3. The fraction of sp³-hybridized carbons (Fsp3) is 0.0476. The van der Waals surface area contributed by atoms with E-state index in [4.69, 9.17) is 0 Å². The first-order valence-corrected chi connectivity index (χ1v) is 46.8. The number of hydrogen-bond acceptors (Lipinski definition) is 6. The minimum atomic E-state index is -0.372. The second kappa shape index (κ2) is 31.0. The van der Waals surface area contributed by atoms with Crippen molar-refractivity contribution in [2.45, 2.75) is 38.5 Å². The molecule has 0 saturated carbocycles. The van der Waals surface area contributed by atoms with Gasteiger partial charge in [-0.3, -0.25) is 0 Å². The average Bonchev–Trinajstić information content (AvgIpc) is 0.750. The normalized spacial score (nSPS) is 13.7. The Morgan fingerprint density at radius 1 is 0.179 bits per heavy atom. The molecule has 0 atom stereocenters. The summed E-state index contributed by atoms with van der Waals surface area (Å²) in [7, 11) is 0. The Morgan fingerprint density at radius 2 is 0.470 bits per heavy atom. The summed E-state index contributed by atoms with van der Waals surface area (Å²) in [6.07, 6.45) is 0. The van der Waals surface area contributed by atoms with Gasteiger partial charge in [0.2, 0.25) is 0 Å². The third kappa shape index (κ3) is 12.4. The molecule has 0 aromatic heterocycles. The van der Waals surface area contributed by atoms with Crippen molar-refractivity contribution < 1.29 is 0 Å². The highest BCUT2D eigenvalue weighted by atomic mass is 15.3. The van der Waals surface area contributed by atoms with Gasteiger partial charge in [0.25, 0.3) is 0 Å². The molecular weight excluding hydrogens is 1620 g/mol. The van der Waals surface area contributed by atoms with Crippen molar-refractivity contribution >= 4 is 105 Å². The van der Waals surface area contributed by atoms with Gasteiger partial charge in [-0.15, -0.1) is 0 Å². The number of benzene rings is 20. The summed E-state index contributed by atoms with van der Waals surface area (Å²) in [5.74, 6) is 0. The molecular formula is C126H90B2N6. The zero-order chi connectivity index (χ0) is 89.0. The molecule has 26 rings (SSSR count). The Hall–Kier alpha value is -16.7. The third-order valence-corrected chi connectivity index (χ3v) is 29.3. The average molecular weight is 1710 g/mol. The molecule has 630 valence electrons. The summed E-state index contributed by atoms with van der Waals surface area (Å²) in [6.45, 7) is 9.08. The number of nitrogens with zero attached hydrogens (tertiary/aromatic N) is 6. The van der Waals surface area contributed by atoms with Crippen LogP contribution < -0.4 is 40.0 Å². The minimum absolute atomic E-state index is 0.173. The molecule has 0 fully saturated rings. The van der Waals surface area contributed by atoms with Crippen LogP contribution in [0.5, 0.6) is 0 Å². The molecule has 8 heteroatoms. The quantitative estimate of drug-likeness (QED) is 0.0946. The van der Waals surface area contributed by atoms with Gasteiger partial charge in [0.15, 0.2) is 0 Å². The van der Waals surface area contributed by atoms with E-state index in [1.54, 1.807) is 0 Å². The fourth-order valence-corrected chi connectivity index (χ4v) is 23.0. The van der Waals surface area contributed by atoms with Crippen molar-refractivity contribution in [3.8, 4) is 122 Å². The number of rotatable bonds is 15. The number of fused-ring (bicyclic) bond motifs is 14. The summed E-state index contributed by atoms with van der Waals surface area (Å²) < 4.78 is 0. The van der Waals surface area contributed by atoms with E-state index >= 15 is 0 Å². The maximum absolute atomic E-state index is 2.64. The highest BCUT2D eigenvalue weighted by Crippen LogP contribution is 2.60.